The van der Waals surface area contributed by atoms with Crippen LogP contribution in [0.5, 0.6) is 5.75 Å². The van der Waals surface area contributed by atoms with E-state index in [4.69, 9.17) is 4.74 Å². The first-order valence-electron chi connectivity index (χ1n) is 7.65. The van der Waals surface area contributed by atoms with Crippen LogP contribution >= 0.6 is 0 Å². The summed E-state index contributed by atoms with van der Waals surface area (Å²) in [4.78, 5) is 0. The molecule has 21 heavy (non-hydrogen) atoms. The van der Waals surface area contributed by atoms with Crippen molar-refractivity contribution in [1.82, 2.24) is 9.88 Å². The van der Waals surface area contributed by atoms with Crippen molar-refractivity contribution < 1.29 is 4.74 Å². The van der Waals surface area contributed by atoms with Gasteiger partial charge >= 0.3 is 0 Å². The molecule has 0 aliphatic heterocycles. The number of methoxy groups -OCH3 is 1. The number of hydrogen-bond acceptors (Lipinski definition) is 2. The van der Waals surface area contributed by atoms with Crippen molar-refractivity contribution in [3.05, 3.63) is 53.9 Å². The van der Waals surface area contributed by atoms with E-state index >= 15 is 0 Å². The van der Waals surface area contributed by atoms with E-state index in [1.807, 2.05) is 12.1 Å². The lowest BCUT2D eigenvalue weighted by atomic mass is 10.1. The minimum absolute atomic E-state index is 0.696. The normalized spacial score (nSPS) is 11.0. The molecule has 0 unspecified atom stereocenters. The molecule has 1 N–H and O–H groups in total. The van der Waals surface area contributed by atoms with Crippen molar-refractivity contribution >= 4 is 0 Å². The summed E-state index contributed by atoms with van der Waals surface area (Å²) in [5, 5.41) is 3.47. The van der Waals surface area contributed by atoms with E-state index in [-0.39, 0.29) is 0 Å². The van der Waals surface area contributed by atoms with Crippen molar-refractivity contribution in [2.24, 2.45) is 5.92 Å². The summed E-state index contributed by atoms with van der Waals surface area (Å²) in [5.41, 5.74) is 2.69. The summed E-state index contributed by atoms with van der Waals surface area (Å²) in [6.45, 7) is 7.49. The zero-order valence-electron chi connectivity index (χ0n) is 13.3. The standard InChI is InChI=1S/C18H26N2O/c1-15(2)12-19-13-17-9-11-20(14-17)10-8-16-4-6-18(21-3)7-5-16/h4-7,9,11,14-15,19H,8,10,12-13H2,1-3H3. The molecule has 0 radical (unpaired) electrons. The van der Waals surface area contributed by atoms with Gasteiger partial charge in [-0.1, -0.05) is 26.0 Å². The van der Waals surface area contributed by atoms with Crippen molar-refractivity contribution in [1.29, 1.82) is 0 Å². The molecule has 0 aliphatic rings. The predicted octanol–water partition coefficient (Wildman–Crippen LogP) is 3.49. The molecule has 0 saturated heterocycles. The maximum Gasteiger partial charge on any atom is 0.118 e. The Balaban J connectivity index is 1.79. The van der Waals surface area contributed by atoms with E-state index in [0.29, 0.717) is 5.92 Å². The van der Waals surface area contributed by atoms with Crippen molar-refractivity contribution in [3.63, 3.8) is 0 Å². The maximum atomic E-state index is 5.18. The van der Waals surface area contributed by atoms with Crippen LogP contribution in [0.3, 0.4) is 0 Å². The minimum Gasteiger partial charge on any atom is -0.497 e. The fraction of sp³-hybridized carbons (Fsp3) is 0.444. The average Bonchev–Trinajstić information content (AvgIpc) is 2.93. The number of ether oxygens (including phenoxy) is 1. The molecule has 1 aromatic carbocycles. The fourth-order valence-electron chi connectivity index (χ4n) is 2.29. The summed E-state index contributed by atoms with van der Waals surface area (Å²) >= 11 is 0. The molecular weight excluding hydrogens is 260 g/mol. The number of aromatic nitrogens is 1. The first-order valence-corrected chi connectivity index (χ1v) is 7.65. The van der Waals surface area contributed by atoms with Crippen molar-refractivity contribution in [3.8, 4) is 5.75 Å². The van der Waals surface area contributed by atoms with Crippen LogP contribution in [0.1, 0.15) is 25.0 Å². The van der Waals surface area contributed by atoms with Crippen LogP contribution < -0.4 is 10.1 Å². The van der Waals surface area contributed by atoms with Gasteiger partial charge < -0.3 is 14.6 Å². The molecule has 2 rings (SSSR count). The maximum absolute atomic E-state index is 5.18. The van der Waals surface area contributed by atoms with Crippen molar-refractivity contribution in [2.45, 2.75) is 33.4 Å². The van der Waals surface area contributed by atoms with Gasteiger partial charge in [0.2, 0.25) is 0 Å². The Labute approximate surface area is 127 Å². The van der Waals surface area contributed by atoms with Crippen LogP contribution in [0.2, 0.25) is 0 Å². The fourth-order valence-corrected chi connectivity index (χ4v) is 2.29. The first-order chi connectivity index (χ1) is 10.2. The molecule has 0 saturated carbocycles. The van der Waals surface area contributed by atoms with Gasteiger partial charge in [-0.3, -0.25) is 0 Å². The molecule has 3 heteroatoms. The second-order valence-electron chi connectivity index (χ2n) is 5.88. The highest BCUT2D eigenvalue weighted by atomic mass is 16.5. The van der Waals surface area contributed by atoms with Gasteiger partial charge in [0, 0.05) is 25.5 Å². The zero-order valence-corrected chi connectivity index (χ0v) is 13.3. The highest BCUT2D eigenvalue weighted by Gasteiger charge is 2.00. The summed E-state index contributed by atoms with van der Waals surface area (Å²) in [6.07, 6.45) is 5.43. The van der Waals surface area contributed by atoms with Crippen LogP contribution in [0.25, 0.3) is 0 Å². The third kappa shape index (κ3) is 5.27. The molecule has 2 aromatic rings. The molecule has 0 aliphatic carbocycles. The number of aryl methyl sites for hydroxylation is 2. The average molecular weight is 286 g/mol. The lowest BCUT2D eigenvalue weighted by molar-refractivity contribution is 0.414. The van der Waals surface area contributed by atoms with E-state index in [9.17, 15) is 0 Å². The monoisotopic (exact) mass is 286 g/mol. The van der Waals surface area contributed by atoms with Gasteiger partial charge in [-0.15, -0.1) is 0 Å². The second kappa shape index (κ2) is 7.89. The molecule has 0 spiro atoms. The molecular formula is C18H26N2O. The molecule has 0 amide bonds. The van der Waals surface area contributed by atoms with Gasteiger partial charge in [-0.05, 0) is 48.2 Å². The molecule has 3 nitrogen and oxygen atoms in total. The summed E-state index contributed by atoms with van der Waals surface area (Å²) in [7, 11) is 1.70. The smallest absolute Gasteiger partial charge is 0.118 e. The highest BCUT2D eigenvalue weighted by Crippen LogP contribution is 2.12. The van der Waals surface area contributed by atoms with Crippen LogP contribution in [0.4, 0.5) is 0 Å². The van der Waals surface area contributed by atoms with E-state index in [1.165, 1.54) is 11.1 Å². The van der Waals surface area contributed by atoms with Crippen LogP contribution in [0, 0.1) is 5.92 Å². The molecule has 0 bridgehead atoms. The number of hydrogen-bond donors (Lipinski definition) is 1. The number of nitrogens with one attached hydrogen (secondary N) is 1. The lowest BCUT2D eigenvalue weighted by Crippen LogP contribution is -2.18. The van der Waals surface area contributed by atoms with Crippen molar-refractivity contribution in [2.75, 3.05) is 13.7 Å². The number of benzene rings is 1. The van der Waals surface area contributed by atoms with E-state index < -0.39 is 0 Å². The number of rotatable bonds is 8. The zero-order chi connectivity index (χ0) is 15.1. The number of nitrogens with zero attached hydrogens (tertiary/aromatic N) is 1. The largest absolute Gasteiger partial charge is 0.497 e. The molecule has 0 atom stereocenters. The van der Waals surface area contributed by atoms with E-state index in [2.05, 4.69) is 54.3 Å². The molecule has 1 aromatic heterocycles. The Morgan fingerprint density at radius 2 is 1.86 bits per heavy atom. The third-order valence-corrected chi connectivity index (χ3v) is 3.51. The quantitative estimate of drug-likeness (QED) is 0.804. The Morgan fingerprint density at radius 1 is 1.10 bits per heavy atom. The van der Waals surface area contributed by atoms with Gasteiger partial charge in [0.15, 0.2) is 0 Å². The Hall–Kier alpha value is -1.74. The Kier molecular flexibility index (Phi) is 5.88. The van der Waals surface area contributed by atoms with Crippen LogP contribution in [0.15, 0.2) is 42.7 Å². The van der Waals surface area contributed by atoms with Gasteiger partial charge in [0.05, 0.1) is 7.11 Å². The van der Waals surface area contributed by atoms with Crippen LogP contribution in [-0.2, 0) is 19.5 Å². The lowest BCUT2D eigenvalue weighted by Gasteiger charge is -2.06. The first kappa shape index (κ1) is 15.6. The Morgan fingerprint density at radius 3 is 2.52 bits per heavy atom. The van der Waals surface area contributed by atoms with Gasteiger partial charge in [-0.25, -0.2) is 0 Å². The van der Waals surface area contributed by atoms with Gasteiger partial charge in [0.1, 0.15) is 5.75 Å². The van der Waals surface area contributed by atoms with Gasteiger partial charge in [-0.2, -0.15) is 0 Å². The summed E-state index contributed by atoms with van der Waals surface area (Å²) in [6, 6.07) is 10.5. The van der Waals surface area contributed by atoms with Gasteiger partial charge in [0.25, 0.3) is 0 Å². The second-order valence-corrected chi connectivity index (χ2v) is 5.88. The molecule has 0 fully saturated rings. The summed E-state index contributed by atoms with van der Waals surface area (Å²) in [5.74, 6) is 1.61. The summed E-state index contributed by atoms with van der Waals surface area (Å²) < 4.78 is 7.44. The third-order valence-electron chi connectivity index (χ3n) is 3.51. The SMILES string of the molecule is COc1ccc(CCn2ccc(CNCC(C)C)c2)cc1. The minimum atomic E-state index is 0.696. The van der Waals surface area contributed by atoms with Crippen LogP contribution in [-0.4, -0.2) is 18.2 Å². The molecule has 1 heterocycles. The highest BCUT2D eigenvalue weighted by molar-refractivity contribution is 5.27. The molecule has 114 valence electrons. The Bertz CT molecular complexity index is 528. The predicted molar refractivity (Wildman–Crippen MR) is 87.7 cm³/mol. The topological polar surface area (TPSA) is 26.2 Å². The van der Waals surface area contributed by atoms with E-state index in [1.54, 1.807) is 7.11 Å². The van der Waals surface area contributed by atoms with E-state index in [0.717, 1.165) is 31.8 Å².